The molecule has 0 aliphatic rings. The van der Waals surface area contributed by atoms with Gasteiger partial charge < -0.3 is 0 Å². The van der Waals surface area contributed by atoms with E-state index in [4.69, 9.17) is 0 Å². The van der Waals surface area contributed by atoms with Crippen LogP contribution in [0.4, 0.5) is 0 Å². The maximum atomic E-state index is 12.3. The molecular weight excluding hydrogens is 314 g/mol. The minimum absolute atomic E-state index is 0.271. The normalized spacial score (nSPS) is 12.5. The monoisotopic (exact) mass is 325 g/mol. The van der Waals surface area contributed by atoms with Crippen molar-refractivity contribution in [3.05, 3.63) is 51.4 Å². The van der Waals surface area contributed by atoms with Crippen molar-refractivity contribution in [2.45, 2.75) is 12.8 Å². The molecule has 0 fully saturated rings. The molecule has 6 heteroatoms. The quantitative estimate of drug-likeness (QED) is 0.681. The Hall–Kier alpha value is -2.36. The van der Waals surface area contributed by atoms with Crippen LogP contribution < -0.4 is 0 Å². The van der Waals surface area contributed by atoms with Crippen LogP contribution in [0, 0.1) is 18.3 Å². The number of hydrogen-bond donors (Lipinski definition) is 0. The Morgan fingerprint density at radius 3 is 2.86 bits per heavy atom. The molecule has 0 aliphatic carbocycles. The summed E-state index contributed by atoms with van der Waals surface area (Å²) in [7, 11) is 0. The summed E-state index contributed by atoms with van der Waals surface area (Å²) in [6.45, 7) is 1.91. The molecule has 1 unspecified atom stereocenters. The van der Waals surface area contributed by atoms with Crippen LogP contribution in [0.3, 0.4) is 0 Å². The summed E-state index contributed by atoms with van der Waals surface area (Å²) >= 11 is 2.90. The van der Waals surface area contributed by atoms with Gasteiger partial charge in [0.1, 0.15) is 5.01 Å². The zero-order valence-corrected chi connectivity index (χ0v) is 13.3. The maximum Gasteiger partial charge on any atom is 0.179 e. The first-order valence-corrected chi connectivity index (χ1v) is 8.26. The van der Waals surface area contributed by atoms with Gasteiger partial charge in [0, 0.05) is 5.38 Å². The summed E-state index contributed by atoms with van der Waals surface area (Å²) in [5, 5.41) is 12.7. The van der Waals surface area contributed by atoms with E-state index in [1.165, 1.54) is 28.7 Å². The van der Waals surface area contributed by atoms with E-state index in [1.807, 2.05) is 42.6 Å². The summed E-state index contributed by atoms with van der Waals surface area (Å²) in [6, 6.07) is 9.66. The van der Waals surface area contributed by atoms with Crippen molar-refractivity contribution in [1.82, 2.24) is 9.97 Å². The highest BCUT2D eigenvalue weighted by Gasteiger charge is 2.22. The van der Waals surface area contributed by atoms with Gasteiger partial charge in [-0.1, -0.05) is 12.1 Å². The van der Waals surface area contributed by atoms with Crippen molar-refractivity contribution in [3.8, 4) is 6.07 Å². The number of carbonyl (C=O) groups excluding carboxylic acids is 1. The number of aryl methyl sites for hydroxylation is 1. The fourth-order valence-electron chi connectivity index (χ4n) is 1.97. The number of allylic oxidation sites excluding steroid dienone is 1. The number of fused-ring (bicyclic) bond motifs is 1. The molecule has 0 radical (unpaired) electrons. The fraction of sp³-hybridized carbons (Fsp3) is 0.125. The lowest BCUT2D eigenvalue weighted by Crippen LogP contribution is -2.07. The van der Waals surface area contributed by atoms with E-state index in [9.17, 15) is 10.1 Å². The minimum atomic E-state index is -0.867. The zero-order valence-electron chi connectivity index (χ0n) is 11.7. The molecule has 108 valence electrons. The maximum absolute atomic E-state index is 12.3. The molecule has 0 aliphatic heterocycles. The number of aromatic nitrogens is 2. The number of thiazole rings is 2. The topological polar surface area (TPSA) is 66.6 Å². The highest BCUT2D eigenvalue weighted by molar-refractivity contribution is 7.18. The van der Waals surface area contributed by atoms with Crippen LogP contribution in [-0.2, 0) is 4.79 Å². The van der Waals surface area contributed by atoms with Gasteiger partial charge in [0.25, 0.3) is 0 Å². The van der Waals surface area contributed by atoms with Crippen molar-refractivity contribution < 1.29 is 4.79 Å². The second-order valence-corrected chi connectivity index (χ2v) is 6.73. The average Bonchev–Trinajstić information content (AvgIpc) is 3.11. The van der Waals surface area contributed by atoms with E-state index >= 15 is 0 Å². The predicted molar refractivity (Wildman–Crippen MR) is 88.9 cm³/mol. The van der Waals surface area contributed by atoms with E-state index in [-0.39, 0.29) is 5.78 Å². The SMILES string of the molecule is Cc1nc(C=CC(=O)C(C#N)c2nc3ccccc3s2)cs1. The molecule has 0 spiro atoms. The molecular formula is C16H11N3OS2. The molecule has 4 nitrogen and oxygen atoms in total. The molecule has 0 N–H and O–H groups in total. The van der Waals surface area contributed by atoms with E-state index in [0.717, 1.165) is 20.9 Å². The summed E-state index contributed by atoms with van der Waals surface area (Å²) in [5.74, 6) is -1.14. The van der Waals surface area contributed by atoms with E-state index in [2.05, 4.69) is 9.97 Å². The first-order chi connectivity index (χ1) is 10.7. The molecule has 0 saturated carbocycles. The Kier molecular flexibility index (Phi) is 4.09. The van der Waals surface area contributed by atoms with Crippen molar-refractivity contribution in [1.29, 1.82) is 5.26 Å². The number of rotatable bonds is 4. The third-order valence-electron chi connectivity index (χ3n) is 3.03. The van der Waals surface area contributed by atoms with Gasteiger partial charge in [-0.25, -0.2) is 9.97 Å². The number of nitrogens with zero attached hydrogens (tertiary/aromatic N) is 3. The molecule has 3 aromatic rings. The van der Waals surface area contributed by atoms with Gasteiger partial charge >= 0.3 is 0 Å². The largest absolute Gasteiger partial charge is 0.293 e. The first kappa shape index (κ1) is 14.6. The average molecular weight is 325 g/mol. The van der Waals surface area contributed by atoms with Crippen LogP contribution in [0.2, 0.25) is 0 Å². The number of nitriles is 1. The molecule has 0 saturated heterocycles. The fourth-order valence-corrected chi connectivity index (χ4v) is 3.58. The van der Waals surface area contributed by atoms with Gasteiger partial charge in [-0.2, -0.15) is 5.26 Å². The summed E-state index contributed by atoms with van der Waals surface area (Å²) in [4.78, 5) is 20.9. The lowest BCUT2D eigenvalue weighted by atomic mass is 10.1. The van der Waals surface area contributed by atoms with Gasteiger partial charge in [-0.05, 0) is 31.2 Å². The Bertz CT molecular complexity index is 868. The molecule has 1 atom stereocenters. The summed E-state index contributed by atoms with van der Waals surface area (Å²) in [5.41, 5.74) is 1.55. The van der Waals surface area contributed by atoms with Crippen molar-refractivity contribution >= 4 is 44.7 Å². The first-order valence-electron chi connectivity index (χ1n) is 6.56. The second-order valence-electron chi connectivity index (χ2n) is 4.61. The van der Waals surface area contributed by atoms with Crippen LogP contribution in [0.15, 0.2) is 35.7 Å². The molecule has 3 rings (SSSR count). The van der Waals surface area contributed by atoms with Gasteiger partial charge in [-0.3, -0.25) is 4.79 Å². The van der Waals surface area contributed by atoms with Gasteiger partial charge in [0.15, 0.2) is 11.7 Å². The lowest BCUT2D eigenvalue weighted by Gasteiger charge is -1.99. The summed E-state index contributed by atoms with van der Waals surface area (Å²) in [6.07, 6.45) is 3.05. The number of carbonyl (C=O) groups is 1. The lowest BCUT2D eigenvalue weighted by molar-refractivity contribution is -0.114. The Morgan fingerprint density at radius 2 is 2.18 bits per heavy atom. The Morgan fingerprint density at radius 1 is 1.36 bits per heavy atom. The van der Waals surface area contributed by atoms with Crippen LogP contribution >= 0.6 is 22.7 Å². The summed E-state index contributed by atoms with van der Waals surface area (Å²) < 4.78 is 0.977. The Labute approximate surface area is 135 Å². The molecule has 0 bridgehead atoms. The predicted octanol–water partition coefficient (Wildman–Crippen LogP) is 3.95. The van der Waals surface area contributed by atoms with Crippen molar-refractivity contribution in [2.75, 3.05) is 0 Å². The third kappa shape index (κ3) is 2.96. The number of benzene rings is 1. The minimum Gasteiger partial charge on any atom is -0.293 e. The molecule has 1 aromatic carbocycles. The molecule has 2 heterocycles. The highest BCUT2D eigenvalue weighted by atomic mass is 32.1. The van der Waals surface area contributed by atoms with Crippen molar-refractivity contribution in [2.24, 2.45) is 0 Å². The smallest absolute Gasteiger partial charge is 0.179 e. The van der Waals surface area contributed by atoms with E-state index in [0.29, 0.717) is 5.01 Å². The van der Waals surface area contributed by atoms with Gasteiger partial charge in [-0.15, -0.1) is 22.7 Å². The number of para-hydroxylation sites is 1. The zero-order chi connectivity index (χ0) is 15.5. The second kappa shape index (κ2) is 6.18. The molecule has 0 amide bonds. The van der Waals surface area contributed by atoms with Crippen LogP contribution in [-0.4, -0.2) is 15.8 Å². The molecule has 2 aromatic heterocycles. The number of ketones is 1. The van der Waals surface area contributed by atoms with Gasteiger partial charge in [0.05, 0.1) is 27.0 Å². The Balaban J connectivity index is 1.85. The van der Waals surface area contributed by atoms with Crippen molar-refractivity contribution in [3.63, 3.8) is 0 Å². The number of hydrogen-bond acceptors (Lipinski definition) is 6. The van der Waals surface area contributed by atoms with E-state index in [1.54, 1.807) is 6.08 Å². The standard InChI is InChI=1S/C16H11N3OS2/c1-10-18-11(9-21-10)6-7-14(20)12(8-17)16-19-13-4-2-3-5-15(13)22-16/h2-7,9,12H,1H3. The van der Waals surface area contributed by atoms with Gasteiger partial charge in [0.2, 0.25) is 0 Å². The highest BCUT2D eigenvalue weighted by Crippen LogP contribution is 2.28. The van der Waals surface area contributed by atoms with Crippen LogP contribution in [0.5, 0.6) is 0 Å². The molecule has 22 heavy (non-hydrogen) atoms. The van der Waals surface area contributed by atoms with Crippen LogP contribution in [0.25, 0.3) is 16.3 Å². The third-order valence-corrected chi connectivity index (χ3v) is 4.92. The van der Waals surface area contributed by atoms with E-state index < -0.39 is 5.92 Å². The van der Waals surface area contributed by atoms with Crippen LogP contribution in [0.1, 0.15) is 21.6 Å².